The van der Waals surface area contributed by atoms with Gasteiger partial charge in [0.05, 0.1) is 6.42 Å². The molecule has 0 aliphatic heterocycles. The van der Waals surface area contributed by atoms with Crippen molar-refractivity contribution in [3.05, 3.63) is 41.0 Å². The summed E-state index contributed by atoms with van der Waals surface area (Å²) in [6.07, 6.45) is 2.34. The van der Waals surface area contributed by atoms with E-state index in [1.165, 1.54) is 11.3 Å². The highest BCUT2D eigenvalue weighted by Crippen LogP contribution is 2.24. The molecule has 1 aromatic carbocycles. The average molecular weight is 314 g/mol. The number of hydrogen-bond donors (Lipinski definition) is 1. The van der Waals surface area contributed by atoms with Crippen LogP contribution in [0.3, 0.4) is 0 Å². The molecule has 114 valence electrons. The molecule has 0 radical (unpaired) electrons. The zero-order valence-corrected chi connectivity index (χ0v) is 13.6. The SMILES string of the molecule is CC(C)c1nnc(NC(=O)Cc2cn(C)c3ccccc23)s1. The zero-order chi connectivity index (χ0) is 15.7. The maximum Gasteiger partial charge on any atom is 0.230 e. The predicted octanol–water partition coefficient (Wildman–Crippen LogP) is 3.33. The minimum atomic E-state index is -0.0668. The van der Waals surface area contributed by atoms with Gasteiger partial charge in [0, 0.05) is 30.1 Å². The summed E-state index contributed by atoms with van der Waals surface area (Å²) in [4.78, 5) is 12.2. The van der Waals surface area contributed by atoms with Gasteiger partial charge in [-0.2, -0.15) is 0 Å². The van der Waals surface area contributed by atoms with E-state index < -0.39 is 0 Å². The number of para-hydroxylation sites is 1. The van der Waals surface area contributed by atoms with E-state index in [0.717, 1.165) is 21.5 Å². The molecule has 6 heteroatoms. The van der Waals surface area contributed by atoms with Crippen molar-refractivity contribution in [3.8, 4) is 0 Å². The number of aromatic nitrogens is 3. The molecule has 5 nitrogen and oxygen atoms in total. The maximum atomic E-state index is 12.2. The van der Waals surface area contributed by atoms with Crippen molar-refractivity contribution in [2.24, 2.45) is 7.05 Å². The second kappa shape index (κ2) is 5.88. The van der Waals surface area contributed by atoms with Crippen molar-refractivity contribution in [3.63, 3.8) is 0 Å². The molecule has 0 atom stereocenters. The molecule has 3 aromatic rings. The van der Waals surface area contributed by atoms with E-state index in [4.69, 9.17) is 0 Å². The number of carbonyl (C=O) groups excluding carboxylic acids is 1. The third kappa shape index (κ3) is 2.87. The summed E-state index contributed by atoms with van der Waals surface area (Å²) < 4.78 is 2.04. The monoisotopic (exact) mass is 314 g/mol. The summed E-state index contributed by atoms with van der Waals surface area (Å²) in [6.45, 7) is 4.12. The molecule has 1 N–H and O–H groups in total. The van der Waals surface area contributed by atoms with Crippen LogP contribution in [0.15, 0.2) is 30.5 Å². The van der Waals surface area contributed by atoms with Crippen molar-refractivity contribution < 1.29 is 4.79 Å². The molecular weight excluding hydrogens is 296 g/mol. The lowest BCUT2D eigenvalue weighted by molar-refractivity contribution is -0.115. The number of carbonyl (C=O) groups is 1. The summed E-state index contributed by atoms with van der Waals surface area (Å²) in [5.74, 6) is 0.254. The first-order valence-corrected chi connectivity index (χ1v) is 8.02. The fourth-order valence-corrected chi connectivity index (χ4v) is 3.18. The van der Waals surface area contributed by atoms with Crippen molar-refractivity contribution in [2.75, 3.05) is 5.32 Å². The molecule has 2 heterocycles. The molecule has 2 aromatic heterocycles. The lowest BCUT2D eigenvalue weighted by Gasteiger charge is -2.00. The highest BCUT2D eigenvalue weighted by atomic mass is 32.1. The van der Waals surface area contributed by atoms with Crippen LogP contribution in [0.4, 0.5) is 5.13 Å². The first-order valence-electron chi connectivity index (χ1n) is 7.21. The third-order valence-corrected chi connectivity index (χ3v) is 4.65. The Morgan fingerprint density at radius 1 is 1.32 bits per heavy atom. The van der Waals surface area contributed by atoms with E-state index in [0.29, 0.717) is 17.5 Å². The second-order valence-corrected chi connectivity index (χ2v) is 6.62. The van der Waals surface area contributed by atoms with Gasteiger partial charge in [-0.15, -0.1) is 10.2 Å². The molecule has 0 aliphatic carbocycles. The van der Waals surface area contributed by atoms with Gasteiger partial charge in [0.15, 0.2) is 0 Å². The Kier molecular flexibility index (Phi) is 3.94. The zero-order valence-electron chi connectivity index (χ0n) is 12.8. The minimum absolute atomic E-state index is 0.0668. The smallest absolute Gasteiger partial charge is 0.230 e. The van der Waals surface area contributed by atoms with Crippen molar-refractivity contribution >= 4 is 33.3 Å². The van der Waals surface area contributed by atoms with Gasteiger partial charge in [0.2, 0.25) is 11.0 Å². The van der Waals surface area contributed by atoms with Crippen molar-refractivity contribution in [2.45, 2.75) is 26.2 Å². The molecule has 1 amide bonds. The number of amides is 1. The Labute approximate surface area is 133 Å². The fraction of sp³-hybridized carbons (Fsp3) is 0.312. The lowest BCUT2D eigenvalue weighted by Crippen LogP contribution is -2.14. The van der Waals surface area contributed by atoms with Crippen LogP contribution in [0.5, 0.6) is 0 Å². The molecule has 0 unspecified atom stereocenters. The summed E-state index contributed by atoms with van der Waals surface area (Å²) in [5.41, 5.74) is 2.15. The van der Waals surface area contributed by atoms with Gasteiger partial charge >= 0.3 is 0 Å². The molecule has 3 rings (SSSR count). The number of anilines is 1. The third-order valence-electron chi connectivity index (χ3n) is 3.51. The number of hydrogen-bond acceptors (Lipinski definition) is 4. The number of benzene rings is 1. The van der Waals surface area contributed by atoms with Crippen LogP contribution in [0.25, 0.3) is 10.9 Å². The Balaban J connectivity index is 1.75. The largest absolute Gasteiger partial charge is 0.350 e. The number of rotatable bonds is 4. The minimum Gasteiger partial charge on any atom is -0.350 e. The van der Waals surface area contributed by atoms with E-state index >= 15 is 0 Å². The number of nitrogens with one attached hydrogen (secondary N) is 1. The van der Waals surface area contributed by atoms with Crippen LogP contribution in [0.1, 0.15) is 30.3 Å². The molecule has 0 fully saturated rings. The van der Waals surface area contributed by atoms with E-state index in [1.54, 1.807) is 0 Å². The van der Waals surface area contributed by atoms with Crippen LogP contribution in [-0.2, 0) is 18.3 Å². The Bertz CT molecular complexity index is 819. The Morgan fingerprint density at radius 2 is 2.09 bits per heavy atom. The first kappa shape index (κ1) is 14.7. The van der Waals surface area contributed by atoms with Gasteiger partial charge in [0.1, 0.15) is 5.01 Å². The van der Waals surface area contributed by atoms with Crippen molar-refractivity contribution in [1.82, 2.24) is 14.8 Å². The standard InChI is InChI=1S/C16H18N4OS/c1-10(2)15-18-19-16(22-15)17-14(21)8-11-9-20(3)13-7-5-4-6-12(11)13/h4-7,9-10H,8H2,1-3H3,(H,17,19,21). The van der Waals surface area contributed by atoms with Crippen molar-refractivity contribution in [1.29, 1.82) is 0 Å². The number of nitrogens with zero attached hydrogens (tertiary/aromatic N) is 3. The molecule has 22 heavy (non-hydrogen) atoms. The lowest BCUT2D eigenvalue weighted by atomic mass is 10.1. The van der Waals surface area contributed by atoms with Gasteiger partial charge in [-0.3, -0.25) is 4.79 Å². The van der Waals surface area contributed by atoms with Crippen LogP contribution >= 0.6 is 11.3 Å². The average Bonchev–Trinajstić information content (AvgIpc) is 3.06. The number of aryl methyl sites for hydroxylation is 1. The van der Waals surface area contributed by atoms with Gasteiger partial charge in [0.25, 0.3) is 0 Å². The van der Waals surface area contributed by atoms with Gasteiger partial charge in [-0.1, -0.05) is 43.4 Å². The normalized spacial score (nSPS) is 11.3. The molecule has 0 aliphatic rings. The first-order chi connectivity index (χ1) is 10.5. The molecule has 0 saturated heterocycles. The van der Waals surface area contributed by atoms with Crippen LogP contribution in [0.2, 0.25) is 0 Å². The van der Waals surface area contributed by atoms with E-state index in [-0.39, 0.29) is 5.91 Å². The van der Waals surface area contributed by atoms with E-state index in [2.05, 4.69) is 35.4 Å². The highest BCUT2D eigenvalue weighted by molar-refractivity contribution is 7.15. The second-order valence-electron chi connectivity index (χ2n) is 5.61. The van der Waals surface area contributed by atoms with Gasteiger partial charge in [-0.25, -0.2) is 0 Å². The molecule has 0 bridgehead atoms. The Hall–Kier alpha value is -2.21. The Morgan fingerprint density at radius 3 is 2.82 bits per heavy atom. The quantitative estimate of drug-likeness (QED) is 0.803. The summed E-state index contributed by atoms with van der Waals surface area (Å²) in [6, 6.07) is 8.08. The topological polar surface area (TPSA) is 59.8 Å². The van der Waals surface area contributed by atoms with Crippen LogP contribution in [-0.4, -0.2) is 20.7 Å². The summed E-state index contributed by atoms with van der Waals surface area (Å²) >= 11 is 1.43. The van der Waals surface area contributed by atoms with E-state index in [1.807, 2.05) is 36.0 Å². The molecule has 0 spiro atoms. The molecular formula is C16H18N4OS. The highest BCUT2D eigenvalue weighted by Gasteiger charge is 2.13. The maximum absolute atomic E-state index is 12.2. The van der Waals surface area contributed by atoms with Gasteiger partial charge in [-0.05, 0) is 11.6 Å². The predicted molar refractivity (Wildman–Crippen MR) is 89.3 cm³/mol. The summed E-state index contributed by atoms with van der Waals surface area (Å²) in [7, 11) is 1.99. The number of fused-ring (bicyclic) bond motifs is 1. The summed E-state index contributed by atoms with van der Waals surface area (Å²) in [5, 5.41) is 13.5. The van der Waals surface area contributed by atoms with Crippen LogP contribution in [0, 0.1) is 0 Å². The van der Waals surface area contributed by atoms with Gasteiger partial charge < -0.3 is 9.88 Å². The fourth-order valence-electron chi connectivity index (χ4n) is 2.42. The van der Waals surface area contributed by atoms with Crippen LogP contribution < -0.4 is 5.32 Å². The molecule has 0 saturated carbocycles. The van der Waals surface area contributed by atoms with E-state index in [9.17, 15) is 4.79 Å².